The normalized spacial score (nSPS) is 10.1. The van der Waals surface area contributed by atoms with E-state index in [1.54, 1.807) is 31.6 Å². The van der Waals surface area contributed by atoms with Gasteiger partial charge in [-0.05, 0) is 38.3 Å². The summed E-state index contributed by atoms with van der Waals surface area (Å²) < 4.78 is 0. The summed E-state index contributed by atoms with van der Waals surface area (Å²) >= 11 is 1.26. The molecule has 1 amide bonds. The SMILES string of the molecule is CNc1c(C)cccc1O.Cc1nc(NCCCCCCC(=O)NO)cc(Nc2ncc(C=O)s2)n1. The van der Waals surface area contributed by atoms with E-state index in [4.69, 9.17) is 5.21 Å². The summed E-state index contributed by atoms with van der Waals surface area (Å²) in [5.74, 6) is 1.91. The molecule has 0 spiro atoms. The van der Waals surface area contributed by atoms with Gasteiger partial charge in [-0.1, -0.05) is 36.3 Å². The maximum Gasteiger partial charge on any atom is 0.243 e. The Morgan fingerprint density at radius 2 is 1.86 bits per heavy atom. The number of hydrogen-bond acceptors (Lipinski definition) is 11. The van der Waals surface area contributed by atoms with Crippen molar-refractivity contribution in [2.75, 3.05) is 29.5 Å². The maximum absolute atomic E-state index is 10.9. The smallest absolute Gasteiger partial charge is 0.243 e. The second kappa shape index (κ2) is 15.3. The van der Waals surface area contributed by atoms with Gasteiger partial charge in [-0.2, -0.15) is 0 Å². The highest BCUT2D eigenvalue weighted by Crippen LogP contribution is 2.25. The fourth-order valence-electron chi connectivity index (χ4n) is 3.24. The Labute approximate surface area is 214 Å². The van der Waals surface area contributed by atoms with Gasteiger partial charge in [0.2, 0.25) is 5.91 Å². The molecule has 3 aromatic rings. The Kier molecular flexibility index (Phi) is 12.1. The first-order valence-electron chi connectivity index (χ1n) is 11.5. The third-order valence-corrected chi connectivity index (χ3v) is 5.81. The van der Waals surface area contributed by atoms with Crippen molar-refractivity contribution in [3.05, 3.63) is 46.7 Å². The molecule has 6 N–H and O–H groups in total. The molecule has 11 nitrogen and oxygen atoms in total. The van der Waals surface area contributed by atoms with Crippen LogP contribution in [0, 0.1) is 13.8 Å². The third kappa shape index (κ3) is 9.84. The van der Waals surface area contributed by atoms with Gasteiger partial charge in [0.15, 0.2) is 11.4 Å². The standard InChI is InChI=1S/C16H22N6O3S.C8H11NO/c1-11-19-13(17-7-5-3-2-4-6-15(24)22-25)8-14(20-11)21-16-18-9-12(10-23)26-16;1-6-4-3-5-7(10)8(6)9-2/h8-10,25H,2-7H2,1H3,(H,22,24)(H2,17,18,19,20,21);3-5,9-10H,1-2H3. The van der Waals surface area contributed by atoms with Crippen LogP contribution in [0.2, 0.25) is 0 Å². The molecule has 0 saturated heterocycles. The number of hydroxylamine groups is 1. The summed E-state index contributed by atoms with van der Waals surface area (Å²) in [5.41, 5.74) is 3.49. The quantitative estimate of drug-likeness (QED) is 0.0670. The molecular formula is C24H33N7O4S. The zero-order valence-corrected chi connectivity index (χ0v) is 21.5. The van der Waals surface area contributed by atoms with Crippen molar-refractivity contribution in [3.8, 4) is 5.75 Å². The van der Waals surface area contributed by atoms with Gasteiger partial charge >= 0.3 is 0 Å². The van der Waals surface area contributed by atoms with Crippen LogP contribution in [0.3, 0.4) is 0 Å². The Hall–Kier alpha value is -3.77. The van der Waals surface area contributed by atoms with Crippen molar-refractivity contribution in [3.63, 3.8) is 0 Å². The molecule has 0 unspecified atom stereocenters. The second-order valence-corrected chi connectivity index (χ2v) is 8.90. The number of carbonyl (C=O) groups is 2. The summed E-state index contributed by atoms with van der Waals surface area (Å²) in [5, 5.41) is 27.5. The Balaban J connectivity index is 0.000000380. The number of aldehydes is 1. The molecule has 1 aromatic carbocycles. The lowest BCUT2D eigenvalue weighted by Gasteiger charge is -2.09. The summed E-state index contributed by atoms with van der Waals surface area (Å²) in [7, 11) is 1.79. The van der Waals surface area contributed by atoms with Crippen molar-refractivity contribution in [2.45, 2.75) is 46.0 Å². The number of phenols is 1. The summed E-state index contributed by atoms with van der Waals surface area (Å²) in [6.45, 7) is 4.52. The van der Waals surface area contributed by atoms with Gasteiger partial charge in [0.05, 0.1) is 16.8 Å². The average Bonchev–Trinajstić information content (AvgIpc) is 3.31. The van der Waals surface area contributed by atoms with Gasteiger partial charge < -0.3 is 21.1 Å². The molecule has 0 radical (unpaired) electrons. The van der Waals surface area contributed by atoms with Crippen molar-refractivity contribution in [2.24, 2.45) is 0 Å². The third-order valence-electron chi connectivity index (χ3n) is 4.97. The molecule has 36 heavy (non-hydrogen) atoms. The van der Waals surface area contributed by atoms with Crippen LogP contribution in [0.5, 0.6) is 5.75 Å². The second-order valence-electron chi connectivity index (χ2n) is 7.84. The van der Waals surface area contributed by atoms with Crippen molar-refractivity contribution < 1.29 is 19.9 Å². The van der Waals surface area contributed by atoms with Crippen LogP contribution in [0.15, 0.2) is 30.5 Å². The molecule has 2 aromatic heterocycles. The number of phenolic OH excluding ortho intramolecular Hbond substituents is 1. The minimum atomic E-state index is -0.347. The molecule has 194 valence electrons. The van der Waals surface area contributed by atoms with Crippen LogP contribution in [-0.2, 0) is 4.79 Å². The number of para-hydroxylation sites is 1. The number of nitrogens with one attached hydrogen (secondary N) is 4. The number of anilines is 4. The first-order valence-corrected chi connectivity index (χ1v) is 12.3. The van der Waals surface area contributed by atoms with E-state index in [0.29, 0.717) is 39.6 Å². The number of hydrogen-bond donors (Lipinski definition) is 6. The number of rotatable bonds is 12. The highest BCUT2D eigenvalue weighted by atomic mass is 32.1. The number of amides is 1. The largest absolute Gasteiger partial charge is 0.506 e. The van der Waals surface area contributed by atoms with Crippen LogP contribution in [0.4, 0.5) is 22.5 Å². The maximum atomic E-state index is 10.9. The first-order chi connectivity index (χ1) is 17.4. The van der Waals surface area contributed by atoms with E-state index in [2.05, 4.69) is 30.9 Å². The lowest BCUT2D eigenvalue weighted by Crippen LogP contribution is -2.17. The van der Waals surface area contributed by atoms with Gasteiger partial charge in [-0.15, -0.1) is 0 Å². The van der Waals surface area contributed by atoms with Gasteiger partial charge in [-0.25, -0.2) is 20.4 Å². The van der Waals surface area contributed by atoms with Crippen LogP contribution in [0.25, 0.3) is 0 Å². The number of benzene rings is 1. The fourth-order valence-corrected chi connectivity index (χ4v) is 3.88. The number of aryl methyl sites for hydroxylation is 2. The van der Waals surface area contributed by atoms with Gasteiger partial charge in [0, 0.05) is 26.1 Å². The Morgan fingerprint density at radius 1 is 1.11 bits per heavy atom. The monoisotopic (exact) mass is 515 g/mol. The lowest BCUT2D eigenvalue weighted by atomic mass is 10.1. The molecule has 0 aliphatic carbocycles. The molecule has 12 heteroatoms. The van der Waals surface area contributed by atoms with Crippen LogP contribution < -0.4 is 21.4 Å². The Morgan fingerprint density at radius 3 is 2.50 bits per heavy atom. The van der Waals surface area contributed by atoms with Gasteiger partial charge in [-0.3, -0.25) is 14.8 Å². The van der Waals surface area contributed by atoms with E-state index in [-0.39, 0.29) is 5.91 Å². The highest BCUT2D eigenvalue weighted by Gasteiger charge is 2.06. The fraction of sp³-hybridized carbons (Fsp3) is 0.375. The first kappa shape index (κ1) is 28.5. The molecule has 0 bridgehead atoms. The van der Waals surface area contributed by atoms with Gasteiger partial charge in [0.25, 0.3) is 0 Å². The minimum Gasteiger partial charge on any atom is -0.506 e. The summed E-state index contributed by atoms with van der Waals surface area (Å²) in [6, 6.07) is 7.23. The van der Waals surface area contributed by atoms with E-state index < -0.39 is 0 Å². The zero-order valence-electron chi connectivity index (χ0n) is 20.7. The number of aromatic hydroxyl groups is 1. The van der Waals surface area contributed by atoms with Gasteiger partial charge in [0.1, 0.15) is 23.2 Å². The van der Waals surface area contributed by atoms with Crippen LogP contribution >= 0.6 is 11.3 Å². The predicted molar refractivity (Wildman–Crippen MR) is 141 cm³/mol. The Bertz CT molecular complexity index is 1100. The molecular weight excluding hydrogens is 482 g/mol. The van der Waals surface area contributed by atoms with E-state index in [0.717, 1.165) is 49.8 Å². The molecule has 0 saturated carbocycles. The molecule has 0 atom stereocenters. The molecule has 3 rings (SSSR count). The van der Waals surface area contributed by atoms with Crippen molar-refractivity contribution in [1.82, 2.24) is 20.4 Å². The molecule has 0 aliphatic rings. The summed E-state index contributed by atoms with van der Waals surface area (Å²) in [4.78, 5) is 34.9. The zero-order chi connectivity index (χ0) is 26.3. The minimum absolute atomic E-state index is 0.308. The summed E-state index contributed by atoms with van der Waals surface area (Å²) in [6.07, 6.45) is 6.22. The molecule has 2 heterocycles. The van der Waals surface area contributed by atoms with E-state index in [1.165, 1.54) is 17.5 Å². The number of thiazole rings is 1. The number of carbonyl (C=O) groups excluding carboxylic acids is 2. The molecule has 0 fully saturated rings. The highest BCUT2D eigenvalue weighted by molar-refractivity contribution is 7.17. The van der Waals surface area contributed by atoms with E-state index in [1.807, 2.05) is 19.1 Å². The number of aromatic nitrogens is 3. The van der Waals surface area contributed by atoms with Crippen molar-refractivity contribution in [1.29, 1.82) is 0 Å². The lowest BCUT2D eigenvalue weighted by molar-refractivity contribution is -0.129. The van der Waals surface area contributed by atoms with E-state index in [9.17, 15) is 14.7 Å². The predicted octanol–water partition coefficient (Wildman–Crippen LogP) is 4.41. The van der Waals surface area contributed by atoms with E-state index >= 15 is 0 Å². The van der Waals surface area contributed by atoms with Crippen molar-refractivity contribution >= 4 is 46.0 Å². The number of unbranched alkanes of at least 4 members (excludes halogenated alkanes) is 3. The van der Waals surface area contributed by atoms with Crippen LogP contribution in [-0.4, -0.2) is 51.1 Å². The number of nitrogens with zero attached hydrogens (tertiary/aromatic N) is 3. The molecule has 0 aliphatic heterocycles. The average molecular weight is 516 g/mol. The topological polar surface area (TPSA) is 161 Å². The van der Waals surface area contributed by atoms with Crippen LogP contribution in [0.1, 0.15) is 53.2 Å².